The van der Waals surface area contributed by atoms with E-state index in [9.17, 15) is 35.1 Å². The van der Waals surface area contributed by atoms with E-state index in [0.717, 1.165) is 6.29 Å². The monoisotopic (exact) mass is 701 g/mol. The smallest absolute Gasteiger partial charge is 0.308 e. The molecular weight excluding hydrogens is 642 g/mol. The van der Waals surface area contributed by atoms with Gasteiger partial charge in [0.05, 0.1) is 48.6 Å². The molecule has 3 rings (SSSR count). The first-order valence-electron chi connectivity index (χ1n) is 17.2. The molecule has 0 bridgehead atoms. The van der Waals surface area contributed by atoms with E-state index in [1.54, 1.807) is 58.0 Å². The summed E-state index contributed by atoms with van der Waals surface area (Å²) in [6, 6.07) is -0.721. The summed E-state index contributed by atoms with van der Waals surface area (Å²) in [4.78, 5) is 26.6. The van der Waals surface area contributed by atoms with Crippen molar-refractivity contribution in [3.8, 4) is 0 Å². The van der Waals surface area contributed by atoms with Gasteiger partial charge in [-0.05, 0) is 60.0 Å². The van der Waals surface area contributed by atoms with Crippen molar-refractivity contribution in [1.29, 1.82) is 0 Å². The van der Waals surface area contributed by atoms with E-state index in [-0.39, 0.29) is 25.2 Å². The topological polar surface area (TPSA) is 194 Å². The summed E-state index contributed by atoms with van der Waals surface area (Å²) in [5.41, 5.74) is -1.46. The van der Waals surface area contributed by atoms with Crippen LogP contribution in [0.15, 0.2) is 24.3 Å². The molecule has 5 N–H and O–H groups in total. The van der Waals surface area contributed by atoms with Crippen molar-refractivity contribution in [3.05, 3.63) is 24.3 Å². The van der Waals surface area contributed by atoms with Gasteiger partial charge >= 0.3 is 5.97 Å². The lowest BCUT2D eigenvalue weighted by Crippen LogP contribution is -2.65. The fourth-order valence-corrected chi connectivity index (χ4v) is 7.04. The van der Waals surface area contributed by atoms with Gasteiger partial charge in [-0.15, -0.1) is 0 Å². The number of cyclic esters (lactones) is 1. The van der Waals surface area contributed by atoms with Crippen LogP contribution in [0.1, 0.15) is 66.7 Å². The molecule has 2 fully saturated rings. The predicted octanol–water partition coefficient (Wildman–Crippen LogP) is 0.846. The number of carbonyl (C=O) groups is 2. The number of nitrogens with zero attached hydrogens (tertiary/aromatic N) is 1. The number of methoxy groups -OCH3 is 1. The minimum atomic E-state index is -1.46. The average molecular weight is 702 g/mol. The second kappa shape index (κ2) is 18.6. The number of likely N-dealkylation sites (N-methyl/N-ethyl adjacent to an activating group) is 1. The van der Waals surface area contributed by atoms with Gasteiger partial charge in [0.2, 0.25) is 0 Å². The van der Waals surface area contributed by atoms with Crippen LogP contribution in [0.25, 0.3) is 0 Å². The van der Waals surface area contributed by atoms with E-state index >= 15 is 0 Å². The summed E-state index contributed by atoms with van der Waals surface area (Å²) in [5.74, 6) is -1.64. The Hall–Kier alpha value is -1.82. The van der Waals surface area contributed by atoms with Crippen molar-refractivity contribution >= 4 is 12.3 Å². The second-order valence-electron chi connectivity index (χ2n) is 14.3. The van der Waals surface area contributed by atoms with Crippen molar-refractivity contribution in [3.63, 3.8) is 0 Å². The molecule has 3 aliphatic rings. The van der Waals surface area contributed by atoms with Gasteiger partial charge in [0, 0.05) is 26.4 Å². The molecule has 0 aromatic heterocycles. The predicted molar refractivity (Wildman–Crippen MR) is 177 cm³/mol. The standard InChI is InChI=1S/C35H59NO13/c1-19-16-23(14-15-37)31(32(44-8)25(39)17-26(40)45-20(2)12-10-9-11-13-24(19)38)49-34-29(41)28(36(6)7)30(21(3)47-34)48-27-18-35(5,43)33(42)22(4)46-27/h9-11,13,15,19-25,27-34,38-39,41-43H,12,14,16-18H2,1-8H3/b10-9+,13-11+/t19-,20-,21-,22+,23+,24+,25-,27+,28-,29-,30-,31+,32+,33+,34?,35-/m1/s1. The molecule has 0 saturated carbocycles. The molecular formula is C35H59NO13. The Morgan fingerprint density at radius 3 is 2.31 bits per heavy atom. The van der Waals surface area contributed by atoms with E-state index in [1.165, 1.54) is 14.0 Å². The van der Waals surface area contributed by atoms with Crippen LogP contribution >= 0.6 is 0 Å². The van der Waals surface area contributed by atoms with Crippen molar-refractivity contribution < 1.29 is 63.5 Å². The average Bonchev–Trinajstić information content (AvgIpc) is 3.00. The van der Waals surface area contributed by atoms with E-state index in [2.05, 4.69) is 0 Å². The number of aldehydes is 1. The van der Waals surface area contributed by atoms with Crippen LogP contribution < -0.4 is 0 Å². The Bertz CT molecular complexity index is 1100. The molecule has 16 atom stereocenters. The zero-order chi connectivity index (χ0) is 36.6. The van der Waals surface area contributed by atoms with Crippen molar-refractivity contribution in [1.82, 2.24) is 4.90 Å². The zero-order valence-electron chi connectivity index (χ0n) is 30.0. The summed E-state index contributed by atoms with van der Waals surface area (Å²) in [7, 11) is 4.86. The van der Waals surface area contributed by atoms with Gasteiger partial charge in [0.15, 0.2) is 12.6 Å². The summed E-state index contributed by atoms with van der Waals surface area (Å²) >= 11 is 0. The fraction of sp³-hybridized carbons (Fsp3) is 0.829. The number of esters is 1. The van der Waals surface area contributed by atoms with Gasteiger partial charge in [-0.1, -0.05) is 31.2 Å². The maximum Gasteiger partial charge on any atom is 0.308 e. The Morgan fingerprint density at radius 1 is 1.00 bits per heavy atom. The van der Waals surface area contributed by atoms with Gasteiger partial charge < -0.3 is 63.6 Å². The van der Waals surface area contributed by atoms with Gasteiger partial charge in [-0.2, -0.15) is 0 Å². The fourth-order valence-electron chi connectivity index (χ4n) is 7.04. The summed E-state index contributed by atoms with van der Waals surface area (Å²) < 4.78 is 36.1. The molecule has 0 amide bonds. The maximum atomic E-state index is 12.8. The lowest BCUT2D eigenvalue weighted by atomic mass is 9.82. The Balaban J connectivity index is 1.94. The molecule has 2 saturated heterocycles. The molecule has 282 valence electrons. The summed E-state index contributed by atoms with van der Waals surface area (Å²) in [6.07, 6.45) is -4.00. The molecule has 0 radical (unpaired) electrons. The van der Waals surface area contributed by atoms with Crippen LogP contribution in [-0.2, 0) is 38.0 Å². The third-order valence-corrected chi connectivity index (χ3v) is 9.83. The lowest BCUT2D eigenvalue weighted by Gasteiger charge is -2.50. The molecule has 1 unspecified atom stereocenters. The number of ether oxygens (including phenoxy) is 6. The number of hydrogen-bond donors (Lipinski definition) is 5. The van der Waals surface area contributed by atoms with Crippen molar-refractivity contribution in [2.24, 2.45) is 11.8 Å². The van der Waals surface area contributed by atoms with Crippen LogP contribution in [-0.4, -0.2) is 149 Å². The van der Waals surface area contributed by atoms with Gasteiger partial charge in [-0.25, -0.2) is 0 Å². The van der Waals surface area contributed by atoms with E-state index in [1.807, 2.05) is 13.0 Å². The van der Waals surface area contributed by atoms with Crippen LogP contribution in [0.3, 0.4) is 0 Å². The second-order valence-corrected chi connectivity index (χ2v) is 14.3. The van der Waals surface area contributed by atoms with Crippen molar-refractivity contribution in [2.75, 3.05) is 21.2 Å². The van der Waals surface area contributed by atoms with E-state index in [4.69, 9.17) is 28.4 Å². The van der Waals surface area contributed by atoms with Crippen LogP contribution in [0.4, 0.5) is 0 Å². The van der Waals surface area contributed by atoms with Crippen molar-refractivity contribution in [2.45, 2.75) is 152 Å². The quantitative estimate of drug-likeness (QED) is 0.177. The number of allylic oxidation sites excluding steroid dienone is 2. The molecule has 3 heterocycles. The van der Waals surface area contributed by atoms with Crippen LogP contribution in [0.2, 0.25) is 0 Å². The largest absolute Gasteiger partial charge is 0.462 e. The SMILES string of the molecule is CO[C@@H]1[C@@H](OC2O[C@H](C)[C@@H](O[C@H]3C[C@@](C)(O)[C@@H](O)[C@H](C)O3)[C@H](N(C)C)[C@H]2O)[C@@H](CC=O)C[C@@H](C)[C@@H](O)/C=C/C=C/C[C@@H](C)OC(=O)C[C@H]1O. The van der Waals surface area contributed by atoms with E-state index < -0.39 is 104 Å². The lowest BCUT2D eigenvalue weighted by molar-refractivity contribution is -0.344. The molecule has 0 aliphatic carbocycles. The first-order chi connectivity index (χ1) is 23.0. The third kappa shape index (κ3) is 11.1. The summed E-state index contributed by atoms with van der Waals surface area (Å²) in [5, 5.41) is 55.2. The summed E-state index contributed by atoms with van der Waals surface area (Å²) in [6.45, 7) is 8.44. The van der Waals surface area contributed by atoms with Crippen LogP contribution in [0.5, 0.6) is 0 Å². The number of hydrogen-bond acceptors (Lipinski definition) is 14. The molecule has 0 spiro atoms. The van der Waals surface area contributed by atoms with E-state index in [0.29, 0.717) is 6.42 Å². The minimum Gasteiger partial charge on any atom is -0.462 e. The normalized spacial score (nSPS) is 46.2. The molecule has 14 heteroatoms. The highest BCUT2D eigenvalue weighted by Gasteiger charge is 2.51. The molecule has 0 aromatic carbocycles. The highest BCUT2D eigenvalue weighted by Crippen LogP contribution is 2.36. The maximum absolute atomic E-state index is 12.8. The third-order valence-electron chi connectivity index (χ3n) is 9.83. The van der Waals surface area contributed by atoms with Gasteiger partial charge in [-0.3, -0.25) is 4.79 Å². The van der Waals surface area contributed by atoms with Gasteiger partial charge in [0.25, 0.3) is 0 Å². The first-order valence-corrected chi connectivity index (χ1v) is 17.2. The highest BCUT2D eigenvalue weighted by atomic mass is 16.7. The van der Waals surface area contributed by atoms with Gasteiger partial charge in [0.1, 0.15) is 36.8 Å². The Morgan fingerprint density at radius 2 is 1.69 bits per heavy atom. The highest BCUT2D eigenvalue weighted by molar-refractivity contribution is 5.70. The Labute approximate surface area is 289 Å². The number of carbonyl (C=O) groups excluding carboxylic acids is 2. The number of aliphatic hydroxyl groups is 5. The zero-order valence-corrected chi connectivity index (χ0v) is 30.0. The molecule has 0 aromatic rings. The number of aliphatic hydroxyl groups excluding tert-OH is 4. The molecule has 49 heavy (non-hydrogen) atoms. The van der Waals surface area contributed by atoms with Crippen LogP contribution in [0, 0.1) is 11.8 Å². The Kier molecular flexibility index (Phi) is 15.8. The number of rotatable bonds is 8. The minimum absolute atomic E-state index is 0.0164. The first kappa shape index (κ1) is 41.6. The molecule has 3 aliphatic heterocycles. The molecule has 14 nitrogen and oxygen atoms in total.